The first-order valence-electron chi connectivity index (χ1n) is 5.87. The predicted octanol–water partition coefficient (Wildman–Crippen LogP) is 4.00. The van der Waals surface area contributed by atoms with Gasteiger partial charge in [-0.1, -0.05) is 45.9 Å². The summed E-state index contributed by atoms with van der Waals surface area (Å²) in [6.45, 7) is 8.86. The molecule has 0 atom stereocenters. The van der Waals surface area contributed by atoms with Gasteiger partial charge < -0.3 is 5.32 Å². The summed E-state index contributed by atoms with van der Waals surface area (Å²) in [4.78, 5) is 4.00. The smallest absolute Gasteiger partial charge is 0.0864 e. The third-order valence-corrected chi connectivity index (χ3v) is 2.71. The van der Waals surface area contributed by atoms with E-state index in [4.69, 9.17) is 0 Å². The Morgan fingerprint density at radius 1 is 1.06 bits per heavy atom. The molecule has 2 nitrogen and oxygen atoms in total. The molecule has 1 N–H and O–H groups in total. The molecule has 0 saturated carbocycles. The Hall–Kier alpha value is -1.31. The second kappa shape index (κ2) is 5.69. The molecule has 0 aliphatic heterocycles. The van der Waals surface area contributed by atoms with E-state index in [0.717, 1.165) is 0 Å². The van der Waals surface area contributed by atoms with Crippen molar-refractivity contribution >= 4 is 12.0 Å². The maximum Gasteiger partial charge on any atom is 0.0864 e. The lowest BCUT2D eigenvalue weighted by molar-refractivity contribution is 0.839. The molecular formula is C14H22N2. The van der Waals surface area contributed by atoms with Gasteiger partial charge in [0.25, 0.3) is 0 Å². The van der Waals surface area contributed by atoms with Crippen LogP contribution in [-0.2, 0) is 0 Å². The van der Waals surface area contributed by atoms with E-state index >= 15 is 0 Å². The fourth-order valence-corrected chi connectivity index (χ4v) is 1.85. The van der Waals surface area contributed by atoms with Crippen molar-refractivity contribution in [1.29, 1.82) is 0 Å². The average molecular weight is 218 g/mol. The van der Waals surface area contributed by atoms with Crippen molar-refractivity contribution in [2.24, 2.45) is 4.99 Å². The third kappa shape index (κ3) is 2.84. The Bertz CT molecular complexity index is 339. The molecule has 1 rings (SSSR count). The molecule has 0 spiro atoms. The van der Waals surface area contributed by atoms with Gasteiger partial charge in [0.2, 0.25) is 0 Å². The van der Waals surface area contributed by atoms with E-state index in [1.807, 2.05) is 0 Å². The fraction of sp³-hybridized carbons (Fsp3) is 0.500. The van der Waals surface area contributed by atoms with E-state index in [1.165, 1.54) is 16.8 Å². The van der Waals surface area contributed by atoms with Crippen LogP contribution in [0.2, 0.25) is 0 Å². The summed E-state index contributed by atoms with van der Waals surface area (Å²) in [5, 5.41) is 3.30. The Balaban J connectivity index is 3.23. The van der Waals surface area contributed by atoms with Crippen molar-refractivity contribution in [2.45, 2.75) is 39.5 Å². The Labute approximate surface area is 98.8 Å². The van der Waals surface area contributed by atoms with Gasteiger partial charge in [-0.3, -0.25) is 4.99 Å². The van der Waals surface area contributed by atoms with Crippen LogP contribution in [0.5, 0.6) is 0 Å². The fourth-order valence-electron chi connectivity index (χ4n) is 1.85. The number of rotatable bonds is 4. The maximum absolute atomic E-state index is 4.00. The van der Waals surface area contributed by atoms with E-state index in [2.05, 4.69) is 56.2 Å². The molecular weight excluding hydrogens is 196 g/mol. The monoisotopic (exact) mass is 218 g/mol. The lowest BCUT2D eigenvalue weighted by Gasteiger charge is -2.18. The summed E-state index contributed by atoms with van der Waals surface area (Å²) >= 11 is 0. The molecule has 0 heterocycles. The molecule has 88 valence electrons. The van der Waals surface area contributed by atoms with Gasteiger partial charge in [-0.05, 0) is 23.0 Å². The number of nitrogens with one attached hydrogen (secondary N) is 1. The first-order chi connectivity index (χ1) is 7.57. The molecule has 0 fully saturated rings. The first-order valence-corrected chi connectivity index (χ1v) is 5.87. The molecule has 1 aromatic rings. The highest BCUT2D eigenvalue weighted by Gasteiger charge is 2.12. The molecule has 0 radical (unpaired) electrons. The van der Waals surface area contributed by atoms with Crippen molar-refractivity contribution < 1.29 is 0 Å². The second-order valence-electron chi connectivity index (χ2n) is 4.65. The molecule has 1 aromatic carbocycles. The lowest BCUT2D eigenvalue weighted by atomic mass is 9.93. The van der Waals surface area contributed by atoms with Gasteiger partial charge >= 0.3 is 0 Å². The summed E-state index contributed by atoms with van der Waals surface area (Å²) in [5.74, 6) is 1.04. The topological polar surface area (TPSA) is 24.4 Å². The van der Waals surface area contributed by atoms with Crippen molar-refractivity contribution in [3.8, 4) is 0 Å². The zero-order valence-corrected chi connectivity index (χ0v) is 10.9. The molecule has 0 amide bonds. The van der Waals surface area contributed by atoms with Crippen LogP contribution in [0.25, 0.3) is 0 Å². The number of benzene rings is 1. The molecule has 0 saturated heterocycles. The minimum atomic E-state index is 0.520. The normalized spacial score (nSPS) is 11.7. The number of hydrogen-bond donors (Lipinski definition) is 1. The van der Waals surface area contributed by atoms with E-state index in [0.29, 0.717) is 11.8 Å². The van der Waals surface area contributed by atoms with Crippen LogP contribution in [0.3, 0.4) is 0 Å². The Kier molecular flexibility index (Phi) is 4.53. The average Bonchev–Trinajstić information content (AvgIpc) is 2.25. The minimum Gasteiger partial charge on any atom is -0.346 e. The largest absolute Gasteiger partial charge is 0.346 e. The van der Waals surface area contributed by atoms with Crippen LogP contribution in [0.1, 0.15) is 50.7 Å². The van der Waals surface area contributed by atoms with E-state index in [1.54, 1.807) is 13.4 Å². The van der Waals surface area contributed by atoms with Crippen LogP contribution < -0.4 is 5.32 Å². The van der Waals surface area contributed by atoms with Crippen molar-refractivity contribution in [3.63, 3.8) is 0 Å². The summed E-state index contributed by atoms with van der Waals surface area (Å²) in [5.41, 5.74) is 3.93. The number of aliphatic imine (C=N–C) groups is 1. The highest BCUT2D eigenvalue weighted by Crippen LogP contribution is 2.31. The zero-order valence-electron chi connectivity index (χ0n) is 10.9. The minimum absolute atomic E-state index is 0.520. The number of para-hydroxylation sites is 1. The van der Waals surface area contributed by atoms with E-state index in [9.17, 15) is 0 Å². The lowest BCUT2D eigenvalue weighted by Crippen LogP contribution is -2.05. The van der Waals surface area contributed by atoms with Crippen LogP contribution in [0.4, 0.5) is 5.69 Å². The molecule has 0 aliphatic rings. The SMILES string of the molecule is CN=CNc1c(C(C)C)cccc1C(C)C. The molecule has 0 unspecified atom stereocenters. The second-order valence-corrected chi connectivity index (χ2v) is 4.65. The molecule has 0 aromatic heterocycles. The van der Waals surface area contributed by atoms with E-state index in [-0.39, 0.29) is 0 Å². The highest BCUT2D eigenvalue weighted by atomic mass is 14.9. The zero-order chi connectivity index (χ0) is 12.1. The molecule has 16 heavy (non-hydrogen) atoms. The van der Waals surface area contributed by atoms with E-state index < -0.39 is 0 Å². The van der Waals surface area contributed by atoms with Crippen LogP contribution >= 0.6 is 0 Å². The Morgan fingerprint density at radius 2 is 1.56 bits per heavy atom. The van der Waals surface area contributed by atoms with Crippen molar-refractivity contribution in [3.05, 3.63) is 29.3 Å². The standard InChI is InChI=1S/C14H22N2/c1-10(2)12-7-6-8-13(11(3)4)14(12)16-9-15-5/h6-11H,1-5H3,(H,15,16). The number of nitrogens with zero attached hydrogens (tertiary/aromatic N) is 1. The van der Waals surface area contributed by atoms with Crippen molar-refractivity contribution in [2.75, 3.05) is 12.4 Å². The number of anilines is 1. The summed E-state index contributed by atoms with van der Waals surface area (Å²) in [6.07, 6.45) is 1.76. The van der Waals surface area contributed by atoms with Gasteiger partial charge in [-0.15, -0.1) is 0 Å². The van der Waals surface area contributed by atoms with Crippen molar-refractivity contribution in [1.82, 2.24) is 0 Å². The number of hydrogen-bond acceptors (Lipinski definition) is 1. The summed E-state index contributed by atoms with van der Waals surface area (Å²) < 4.78 is 0. The van der Waals surface area contributed by atoms with Gasteiger partial charge in [-0.25, -0.2) is 0 Å². The van der Waals surface area contributed by atoms with Gasteiger partial charge in [0, 0.05) is 12.7 Å². The van der Waals surface area contributed by atoms with Gasteiger partial charge in [0.1, 0.15) is 0 Å². The molecule has 0 bridgehead atoms. The predicted molar refractivity (Wildman–Crippen MR) is 72.7 cm³/mol. The molecule has 2 heteroatoms. The van der Waals surface area contributed by atoms with Gasteiger partial charge in [0.15, 0.2) is 0 Å². The van der Waals surface area contributed by atoms with Gasteiger partial charge in [0.05, 0.1) is 6.34 Å². The maximum atomic E-state index is 4.00. The van der Waals surface area contributed by atoms with Gasteiger partial charge in [-0.2, -0.15) is 0 Å². The quantitative estimate of drug-likeness (QED) is 0.599. The Morgan fingerprint density at radius 3 is 1.94 bits per heavy atom. The third-order valence-electron chi connectivity index (χ3n) is 2.71. The van der Waals surface area contributed by atoms with Crippen LogP contribution in [0.15, 0.2) is 23.2 Å². The van der Waals surface area contributed by atoms with Crippen LogP contribution in [-0.4, -0.2) is 13.4 Å². The highest BCUT2D eigenvalue weighted by molar-refractivity contribution is 5.79. The van der Waals surface area contributed by atoms with Crippen LogP contribution in [0, 0.1) is 0 Å². The summed E-state index contributed by atoms with van der Waals surface area (Å²) in [6, 6.07) is 6.50. The summed E-state index contributed by atoms with van der Waals surface area (Å²) in [7, 11) is 1.78. The molecule has 0 aliphatic carbocycles. The first kappa shape index (κ1) is 12.8.